The van der Waals surface area contributed by atoms with Gasteiger partial charge >= 0.3 is 5.97 Å². The molecule has 0 radical (unpaired) electrons. The van der Waals surface area contributed by atoms with Gasteiger partial charge in [-0.05, 0) is 54.1 Å². The summed E-state index contributed by atoms with van der Waals surface area (Å²) in [6, 6.07) is 25.0. The summed E-state index contributed by atoms with van der Waals surface area (Å²) in [5, 5.41) is 2.43. The molecule has 36 heavy (non-hydrogen) atoms. The first-order valence-corrected chi connectivity index (χ1v) is 11.1. The van der Waals surface area contributed by atoms with E-state index in [9.17, 15) is 14.0 Å². The molecule has 0 spiro atoms. The molecular weight excluding hydrogens is 463 g/mol. The normalized spacial score (nSPS) is 10.4. The summed E-state index contributed by atoms with van der Waals surface area (Å²) in [5.41, 5.74) is 1.82. The number of ether oxygens (including phenoxy) is 3. The van der Waals surface area contributed by atoms with Gasteiger partial charge in [0.25, 0.3) is 5.91 Å². The molecule has 1 amide bonds. The Balaban J connectivity index is 1.28. The lowest BCUT2D eigenvalue weighted by Crippen LogP contribution is -2.21. The van der Waals surface area contributed by atoms with E-state index in [0.717, 1.165) is 11.3 Å². The van der Waals surface area contributed by atoms with Crippen LogP contribution in [0.3, 0.4) is 0 Å². The average Bonchev–Trinajstić information content (AvgIpc) is 2.92. The van der Waals surface area contributed by atoms with Crippen LogP contribution in [0.5, 0.6) is 11.5 Å². The van der Waals surface area contributed by atoms with Crippen LogP contribution in [0.15, 0.2) is 97.2 Å². The predicted molar refractivity (Wildman–Crippen MR) is 131 cm³/mol. The second-order valence-electron chi connectivity index (χ2n) is 7.64. The first-order chi connectivity index (χ1) is 17.6. The zero-order valence-electron chi connectivity index (χ0n) is 19.2. The van der Waals surface area contributed by atoms with Gasteiger partial charge in [0, 0.05) is 6.20 Å². The van der Waals surface area contributed by atoms with Crippen molar-refractivity contribution in [2.24, 2.45) is 0 Å². The lowest BCUT2D eigenvalue weighted by Gasteiger charge is -2.12. The molecule has 7 nitrogen and oxygen atoms in total. The van der Waals surface area contributed by atoms with E-state index in [0.29, 0.717) is 12.4 Å². The number of aromatic nitrogens is 1. The lowest BCUT2D eigenvalue weighted by molar-refractivity contribution is -0.118. The number of nitrogens with zero attached hydrogens (tertiary/aromatic N) is 1. The summed E-state index contributed by atoms with van der Waals surface area (Å²) in [5.74, 6) is -0.862. The third-order valence-electron chi connectivity index (χ3n) is 5.02. The largest absolute Gasteiger partial charge is 0.487 e. The van der Waals surface area contributed by atoms with Gasteiger partial charge < -0.3 is 19.5 Å². The number of pyridine rings is 1. The van der Waals surface area contributed by atoms with Gasteiger partial charge in [-0.1, -0.05) is 42.5 Å². The van der Waals surface area contributed by atoms with Gasteiger partial charge in [-0.15, -0.1) is 0 Å². The molecule has 0 unspecified atom stereocenters. The Kier molecular flexibility index (Phi) is 8.22. The van der Waals surface area contributed by atoms with Gasteiger partial charge in [-0.2, -0.15) is 0 Å². The maximum absolute atomic E-state index is 13.7. The Bertz CT molecular complexity index is 1310. The molecule has 4 rings (SSSR count). The van der Waals surface area contributed by atoms with Crippen LogP contribution in [0, 0.1) is 5.82 Å². The number of rotatable bonds is 10. The van der Waals surface area contributed by atoms with Crippen LogP contribution in [-0.2, 0) is 22.7 Å². The van der Waals surface area contributed by atoms with Gasteiger partial charge in [0.1, 0.15) is 36.1 Å². The van der Waals surface area contributed by atoms with Crippen molar-refractivity contribution < 1.29 is 28.2 Å². The summed E-state index contributed by atoms with van der Waals surface area (Å²) in [6.45, 7) is -0.00960. The predicted octanol–water partition coefficient (Wildman–Crippen LogP) is 5.17. The topological polar surface area (TPSA) is 86.8 Å². The fourth-order valence-electron chi connectivity index (χ4n) is 3.20. The summed E-state index contributed by atoms with van der Waals surface area (Å²) in [7, 11) is 0. The molecule has 0 fully saturated rings. The standard InChI is InChI=1S/C28H23FN2O5/c29-24-9-2-3-10-25(24)31-27(32)19-35-26-11-4-1-8-23(26)28(33)36-17-20-12-14-22(15-13-20)34-18-21-7-5-6-16-30-21/h1-16H,17-19H2,(H,31,32). The molecule has 0 bridgehead atoms. The molecule has 4 aromatic rings. The van der Waals surface area contributed by atoms with E-state index in [-0.39, 0.29) is 23.6 Å². The molecular formula is C28H23FN2O5. The van der Waals surface area contributed by atoms with Crippen molar-refractivity contribution in [3.8, 4) is 11.5 Å². The first kappa shape index (κ1) is 24.4. The van der Waals surface area contributed by atoms with E-state index in [1.165, 1.54) is 18.2 Å². The molecule has 1 aromatic heterocycles. The van der Waals surface area contributed by atoms with E-state index in [1.807, 2.05) is 18.2 Å². The zero-order chi connectivity index (χ0) is 25.2. The monoisotopic (exact) mass is 486 g/mol. The van der Waals surface area contributed by atoms with E-state index >= 15 is 0 Å². The van der Waals surface area contributed by atoms with E-state index in [2.05, 4.69) is 10.3 Å². The van der Waals surface area contributed by atoms with Gasteiger partial charge in [0.2, 0.25) is 0 Å². The number of anilines is 1. The van der Waals surface area contributed by atoms with Crippen LogP contribution in [-0.4, -0.2) is 23.5 Å². The van der Waals surface area contributed by atoms with Crippen molar-refractivity contribution in [1.29, 1.82) is 0 Å². The van der Waals surface area contributed by atoms with E-state index in [1.54, 1.807) is 60.8 Å². The van der Waals surface area contributed by atoms with Crippen LogP contribution in [0.2, 0.25) is 0 Å². The molecule has 3 aromatic carbocycles. The van der Waals surface area contributed by atoms with Crippen LogP contribution in [0.1, 0.15) is 21.6 Å². The number of halogens is 1. The minimum Gasteiger partial charge on any atom is -0.487 e. The minimum absolute atomic E-state index is 0.0431. The summed E-state index contributed by atoms with van der Waals surface area (Å²) in [4.78, 5) is 29.0. The number of hydrogen-bond acceptors (Lipinski definition) is 6. The maximum atomic E-state index is 13.7. The highest BCUT2D eigenvalue weighted by Gasteiger charge is 2.15. The molecule has 0 aliphatic heterocycles. The Morgan fingerprint density at radius 1 is 0.806 bits per heavy atom. The number of carbonyl (C=O) groups is 2. The maximum Gasteiger partial charge on any atom is 0.342 e. The Labute approximate surface area is 207 Å². The minimum atomic E-state index is -0.601. The third kappa shape index (κ3) is 6.89. The second kappa shape index (κ2) is 12.1. The summed E-state index contributed by atoms with van der Waals surface area (Å²) < 4.78 is 30.3. The number of amides is 1. The average molecular weight is 486 g/mol. The number of carbonyl (C=O) groups excluding carboxylic acids is 2. The summed E-state index contributed by atoms with van der Waals surface area (Å²) in [6.07, 6.45) is 1.71. The van der Waals surface area contributed by atoms with Crippen LogP contribution in [0.4, 0.5) is 10.1 Å². The van der Waals surface area contributed by atoms with E-state index in [4.69, 9.17) is 14.2 Å². The number of benzene rings is 3. The number of para-hydroxylation sites is 2. The quantitative estimate of drug-likeness (QED) is 0.311. The smallest absolute Gasteiger partial charge is 0.342 e. The first-order valence-electron chi connectivity index (χ1n) is 11.1. The van der Waals surface area contributed by atoms with Gasteiger partial charge in [0.05, 0.1) is 11.4 Å². The molecule has 8 heteroatoms. The fraction of sp³-hybridized carbons (Fsp3) is 0.107. The van der Waals surface area contributed by atoms with Crippen molar-refractivity contribution in [1.82, 2.24) is 4.98 Å². The van der Waals surface area contributed by atoms with Crippen molar-refractivity contribution in [2.45, 2.75) is 13.2 Å². The highest BCUT2D eigenvalue weighted by atomic mass is 19.1. The molecule has 0 aliphatic rings. The number of nitrogens with one attached hydrogen (secondary N) is 1. The zero-order valence-corrected chi connectivity index (χ0v) is 19.2. The molecule has 1 heterocycles. The van der Waals surface area contributed by atoms with Crippen molar-refractivity contribution in [3.63, 3.8) is 0 Å². The SMILES string of the molecule is O=C(COc1ccccc1C(=O)OCc1ccc(OCc2ccccn2)cc1)Nc1ccccc1F. The second-order valence-corrected chi connectivity index (χ2v) is 7.64. The van der Waals surface area contributed by atoms with Crippen molar-refractivity contribution in [3.05, 3.63) is 120 Å². The van der Waals surface area contributed by atoms with Crippen molar-refractivity contribution in [2.75, 3.05) is 11.9 Å². The summed E-state index contributed by atoms with van der Waals surface area (Å²) >= 11 is 0. The molecule has 0 atom stereocenters. The lowest BCUT2D eigenvalue weighted by atomic mass is 10.2. The molecule has 0 aliphatic carbocycles. The van der Waals surface area contributed by atoms with Gasteiger partial charge in [-0.3, -0.25) is 9.78 Å². The fourth-order valence-corrected chi connectivity index (χ4v) is 3.20. The Morgan fingerprint density at radius 3 is 2.33 bits per heavy atom. The van der Waals surface area contributed by atoms with Crippen LogP contribution in [0.25, 0.3) is 0 Å². The number of hydrogen-bond donors (Lipinski definition) is 1. The molecule has 1 N–H and O–H groups in total. The van der Waals surface area contributed by atoms with Gasteiger partial charge in [0.15, 0.2) is 6.61 Å². The van der Waals surface area contributed by atoms with Crippen LogP contribution >= 0.6 is 0 Å². The van der Waals surface area contributed by atoms with Crippen LogP contribution < -0.4 is 14.8 Å². The third-order valence-corrected chi connectivity index (χ3v) is 5.02. The van der Waals surface area contributed by atoms with Crippen molar-refractivity contribution >= 4 is 17.6 Å². The molecule has 182 valence electrons. The molecule has 0 saturated carbocycles. The van der Waals surface area contributed by atoms with Gasteiger partial charge in [-0.25, -0.2) is 9.18 Å². The number of esters is 1. The van der Waals surface area contributed by atoms with E-state index < -0.39 is 24.3 Å². The highest BCUT2D eigenvalue weighted by Crippen LogP contribution is 2.21. The Morgan fingerprint density at radius 2 is 1.56 bits per heavy atom. The highest BCUT2D eigenvalue weighted by molar-refractivity contribution is 5.94. The Hall–Kier alpha value is -4.72. The molecule has 0 saturated heterocycles.